The Hall–Kier alpha value is -1.43. The van der Waals surface area contributed by atoms with E-state index in [9.17, 15) is 9.00 Å². The summed E-state index contributed by atoms with van der Waals surface area (Å²) in [7, 11) is -0.777. The number of aromatic nitrogens is 1. The molecule has 0 bridgehead atoms. The van der Waals surface area contributed by atoms with Crippen LogP contribution in [0.4, 0.5) is 5.82 Å². The second-order valence-corrected chi connectivity index (χ2v) is 6.36. The summed E-state index contributed by atoms with van der Waals surface area (Å²) in [6.07, 6.45) is 1.78. The third-order valence-corrected chi connectivity index (χ3v) is 4.39. The second-order valence-electron chi connectivity index (χ2n) is 4.66. The number of amides is 1. The minimum Gasteiger partial charge on any atom is -0.384 e. The lowest BCUT2D eigenvalue weighted by Crippen LogP contribution is -2.41. The molecule has 1 amide bonds. The van der Waals surface area contributed by atoms with E-state index in [1.54, 1.807) is 11.0 Å². The molecule has 104 valence electrons. The van der Waals surface area contributed by atoms with Gasteiger partial charge in [-0.1, -0.05) is 13.3 Å². The molecular formula is C13H19N3O2S. The Morgan fingerprint density at radius 1 is 1.42 bits per heavy atom. The van der Waals surface area contributed by atoms with Gasteiger partial charge in [-0.05, 0) is 18.6 Å². The molecule has 0 spiro atoms. The van der Waals surface area contributed by atoms with Crippen molar-refractivity contribution >= 4 is 22.5 Å². The highest BCUT2D eigenvalue weighted by molar-refractivity contribution is 7.85. The van der Waals surface area contributed by atoms with Crippen LogP contribution in [0.25, 0.3) is 0 Å². The standard InChI is InChI=1S/C13H19N3O2S/c1-2-3-11-8-10(9-12(14)15-11)13(17)16-4-6-19(18)7-5-16/h8-9H,2-7H2,1H3,(H2,14,15). The molecule has 0 atom stereocenters. The Kier molecular flexibility index (Phi) is 4.52. The van der Waals surface area contributed by atoms with E-state index in [2.05, 4.69) is 11.9 Å². The number of hydrogen-bond acceptors (Lipinski definition) is 4. The summed E-state index contributed by atoms with van der Waals surface area (Å²) in [4.78, 5) is 18.3. The van der Waals surface area contributed by atoms with Gasteiger partial charge < -0.3 is 10.6 Å². The molecular weight excluding hydrogens is 262 g/mol. The fourth-order valence-corrected chi connectivity index (χ4v) is 3.19. The lowest BCUT2D eigenvalue weighted by Gasteiger charge is -2.26. The van der Waals surface area contributed by atoms with E-state index >= 15 is 0 Å². The molecule has 0 saturated carbocycles. The van der Waals surface area contributed by atoms with Gasteiger partial charge in [0.25, 0.3) is 5.91 Å². The molecule has 1 aromatic heterocycles. The molecule has 1 aromatic rings. The van der Waals surface area contributed by atoms with Crippen molar-refractivity contribution in [1.29, 1.82) is 0 Å². The normalized spacial score (nSPS) is 16.6. The van der Waals surface area contributed by atoms with Crippen molar-refractivity contribution in [2.75, 3.05) is 30.3 Å². The lowest BCUT2D eigenvalue weighted by atomic mass is 10.1. The third kappa shape index (κ3) is 3.53. The zero-order valence-corrected chi connectivity index (χ0v) is 11.9. The van der Waals surface area contributed by atoms with Gasteiger partial charge in [0.2, 0.25) is 0 Å². The number of nitrogens with zero attached hydrogens (tertiary/aromatic N) is 2. The Morgan fingerprint density at radius 3 is 2.74 bits per heavy atom. The van der Waals surface area contributed by atoms with Crippen molar-refractivity contribution in [2.45, 2.75) is 19.8 Å². The Labute approximate surface area is 115 Å². The number of nitrogen functional groups attached to an aromatic ring is 1. The summed E-state index contributed by atoms with van der Waals surface area (Å²) in [5.74, 6) is 1.47. The van der Waals surface area contributed by atoms with Crippen LogP contribution in [0.3, 0.4) is 0 Å². The molecule has 1 aliphatic rings. The van der Waals surface area contributed by atoms with Crippen LogP contribution in [0.15, 0.2) is 12.1 Å². The number of carbonyl (C=O) groups is 1. The highest BCUT2D eigenvalue weighted by atomic mass is 32.2. The maximum absolute atomic E-state index is 12.4. The van der Waals surface area contributed by atoms with Crippen molar-refractivity contribution < 1.29 is 9.00 Å². The molecule has 0 aromatic carbocycles. The maximum Gasteiger partial charge on any atom is 0.254 e. The smallest absolute Gasteiger partial charge is 0.254 e. The van der Waals surface area contributed by atoms with Crippen LogP contribution in [-0.4, -0.2) is 44.6 Å². The highest BCUT2D eigenvalue weighted by Gasteiger charge is 2.21. The molecule has 5 nitrogen and oxygen atoms in total. The van der Waals surface area contributed by atoms with E-state index in [-0.39, 0.29) is 5.91 Å². The molecule has 2 N–H and O–H groups in total. The minimum atomic E-state index is -0.777. The zero-order chi connectivity index (χ0) is 13.8. The summed E-state index contributed by atoms with van der Waals surface area (Å²) in [6.45, 7) is 3.17. The van der Waals surface area contributed by atoms with Gasteiger partial charge in [-0.3, -0.25) is 9.00 Å². The van der Waals surface area contributed by atoms with Gasteiger partial charge in [0, 0.05) is 46.7 Å². The van der Waals surface area contributed by atoms with Crippen LogP contribution >= 0.6 is 0 Å². The van der Waals surface area contributed by atoms with Crippen LogP contribution in [-0.2, 0) is 17.2 Å². The van der Waals surface area contributed by atoms with Gasteiger partial charge in [0.05, 0.1) is 0 Å². The lowest BCUT2D eigenvalue weighted by molar-refractivity contribution is 0.0771. The van der Waals surface area contributed by atoms with E-state index < -0.39 is 10.8 Å². The molecule has 2 heterocycles. The van der Waals surface area contributed by atoms with Gasteiger partial charge in [-0.25, -0.2) is 4.98 Å². The summed E-state index contributed by atoms with van der Waals surface area (Å²) in [5, 5.41) is 0. The Morgan fingerprint density at radius 2 is 2.11 bits per heavy atom. The van der Waals surface area contributed by atoms with Gasteiger partial charge in [0.1, 0.15) is 5.82 Å². The Balaban J connectivity index is 2.16. The molecule has 1 aliphatic heterocycles. The van der Waals surface area contributed by atoms with E-state index in [0.29, 0.717) is 36.0 Å². The molecule has 0 radical (unpaired) electrons. The summed E-state index contributed by atoms with van der Waals surface area (Å²) in [6, 6.07) is 3.43. The molecule has 1 saturated heterocycles. The molecule has 2 rings (SSSR count). The van der Waals surface area contributed by atoms with Crippen LogP contribution in [0.1, 0.15) is 29.4 Å². The van der Waals surface area contributed by atoms with Crippen molar-refractivity contribution in [3.63, 3.8) is 0 Å². The van der Waals surface area contributed by atoms with Crippen LogP contribution in [0.5, 0.6) is 0 Å². The number of anilines is 1. The Bertz CT molecular complexity index is 495. The summed E-state index contributed by atoms with van der Waals surface area (Å²) >= 11 is 0. The average Bonchev–Trinajstić information content (AvgIpc) is 2.38. The van der Waals surface area contributed by atoms with Crippen LogP contribution < -0.4 is 5.73 Å². The first-order chi connectivity index (χ1) is 9.10. The largest absolute Gasteiger partial charge is 0.384 e. The zero-order valence-electron chi connectivity index (χ0n) is 11.1. The first-order valence-electron chi connectivity index (χ1n) is 6.51. The molecule has 19 heavy (non-hydrogen) atoms. The van der Waals surface area contributed by atoms with E-state index in [1.807, 2.05) is 6.07 Å². The first-order valence-corrected chi connectivity index (χ1v) is 7.99. The van der Waals surface area contributed by atoms with Crippen molar-refractivity contribution in [3.8, 4) is 0 Å². The number of carbonyl (C=O) groups excluding carboxylic acids is 1. The average molecular weight is 281 g/mol. The number of hydrogen-bond donors (Lipinski definition) is 1. The first kappa shape index (κ1) is 14.0. The summed E-state index contributed by atoms with van der Waals surface area (Å²) < 4.78 is 11.3. The van der Waals surface area contributed by atoms with Gasteiger partial charge in [0.15, 0.2) is 0 Å². The fraction of sp³-hybridized carbons (Fsp3) is 0.538. The SMILES string of the molecule is CCCc1cc(C(=O)N2CCS(=O)CC2)cc(N)n1. The molecule has 1 fully saturated rings. The van der Waals surface area contributed by atoms with Crippen LogP contribution in [0.2, 0.25) is 0 Å². The van der Waals surface area contributed by atoms with E-state index in [0.717, 1.165) is 18.5 Å². The monoisotopic (exact) mass is 281 g/mol. The number of pyridine rings is 1. The summed E-state index contributed by atoms with van der Waals surface area (Å²) in [5.41, 5.74) is 7.19. The van der Waals surface area contributed by atoms with Crippen molar-refractivity contribution in [1.82, 2.24) is 9.88 Å². The predicted octanol–water partition coefficient (Wildman–Crippen LogP) is 0.821. The van der Waals surface area contributed by atoms with Crippen molar-refractivity contribution in [2.24, 2.45) is 0 Å². The molecule has 0 aliphatic carbocycles. The number of aryl methyl sites for hydroxylation is 1. The minimum absolute atomic E-state index is 0.0387. The van der Waals surface area contributed by atoms with E-state index in [1.165, 1.54) is 0 Å². The predicted molar refractivity (Wildman–Crippen MR) is 76.4 cm³/mol. The highest BCUT2D eigenvalue weighted by Crippen LogP contribution is 2.13. The topological polar surface area (TPSA) is 76.3 Å². The molecule has 0 unspecified atom stereocenters. The van der Waals surface area contributed by atoms with Crippen molar-refractivity contribution in [3.05, 3.63) is 23.4 Å². The fourth-order valence-electron chi connectivity index (χ4n) is 2.14. The van der Waals surface area contributed by atoms with Gasteiger partial charge in [-0.15, -0.1) is 0 Å². The second kappa shape index (κ2) is 6.14. The van der Waals surface area contributed by atoms with E-state index in [4.69, 9.17) is 5.73 Å². The quantitative estimate of drug-likeness (QED) is 0.890. The number of rotatable bonds is 3. The van der Waals surface area contributed by atoms with Gasteiger partial charge >= 0.3 is 0 Å². The molecule has 6 heteroatoms. The maximum atomic E-state index is 12.4. The third-order valence-electron chi connectivity index (χ3n) is 3.12. The number of nitrogens with two attached hydrogens (primary N) is 1. The van der Waals surface area contributed by atoms with Gasteiger partial charge in [-0.2, -0.15) is 0 Å². The van der Waals surface area contributed by atoms with Crippen LogP contribution in [0, 0.1) is 0 Å².